The molecule has 3 nitrogen and oxygen atoms in total. The van der Waals surface area contributed by atoms with Crippen LogP contribution in [0.3, 0.4) is 0 Å². The molecule has 0 heterocycles. The second-order valence-corrected chi connectivity index (χ2v) is 3.83. The Morgan fingerprint density at radius 2 is 2.19 bits per heavy atom. The number of carbonyl (C=O) groups is 1. The highest BCUT2D eigenvalue weighted by molar-refractivity contribution is 9.10. The van der Waals surface area contributed by atoms with E-state index < -0.39 is 12.2 Å². The summed E-state index contributed by atoms with van der Waals surface area (Å²) < 4.78 is 25.1. The first kappa shape index (κ1) is 12.8. The molecule has 1 aromatic rings. The van der Waals surface area contributed by atoms with Crippen molar-refractivity contribution in [2.75, 3.05) is 12.8 Å². The molecule has 0 spiro atoms. The molecule has 0 aliphatic rings. The van der Waals surface area contributed by atoms with Gasteiger partial charge in [-0.15, -0.1) is 0 Å². The van der Waals surface area contributed by atoms with Gasteiger partial charge in [0, 0.05) is 28.9 Å². The van der Waals surface area contributed by atoms with Crippen molar-refractivity contribution in [1.82, 2.24) is 0 Å². The number of carbonyl (C=O) groups excluding carboxylic acids is 1. The molecule has 0 bridgehead atoms. The lowest BCUT2D eigenvalue weighted by Crippen LogP contribution is -2.14. The first-order valence-corrected chi connectivity index (χ1v) is 5.10. The van der Waals surface area contributed by atoms with E-state index in [0.29, 0.717) is 10.0 Å². The third-order valence-electron chi connectivity index (χ3n) is 1.96. The number of alkyl halides is 2. The minimum absolute atomic E-state index is 0.00488. The Kier molecular flexibility index (Phi) is 4.12. The largest absolute Gasteiger partial charge is 0.398 e. The Labute approximate surface area is 99.5 Å². The van der Waals surface area contributed by atoms with Crippen LogP contribution in [0.25, 0.3) is 0 Å². The second kappa shape index (κ2) is 5.16. The minimum atomic E-state index is -3.06. The van der Waals surface area contributed by atoms with Gasteiger partial charge in [-0.25, -0.2) is 8.78 Å². The molecule has 16 heavy (non-hydrogen) atoms. The summed E-state index contributed by atoms with van der Waals surface area (Å²) in [6, 6.07) is 2.75. The van der Waals surface area contributed by atoms with Gasteiger partial charge in [-0.1, -0.05) is 15.9 Å². The monoisotopic (exact) mass is 290 g/mol. The van der Waals surface area contributed by atoms with E-state index in [0.717, 1.165) is 0 Å². The van der Waals surface area contributed by atoms with Crippen molar-refractivity contribution in [2.45, 2.75) is 6.43 Å². The van der Waals surface area contributed by atoms with E-state index in [-0.39, 0.29) is 11.3 Å². The highest BCUT2D eigenvalue weighted by atomic mass is 79.9. The van der Waals surface area contributed by atoms with E-state index in [9.17, 15) is 13.6 Å². The molecule has 0 saturated heterocycles. The van der Waals surface area contributed by atoms with Crippen molar-refractivity contribution in [1.29, 1.82) is 0 Å². The standard InChI is InChI=1S/C10H9BrF2N2O/c1-15-4-6-7(11)3-2-5(8(6)14)9(16)10(12)13/h2-4,10H,14H2,1H3. The van der Waals surface area contributed by atoms with Crippen LogP contribution in [0.4, 0.5) is 14.5 Å². The summed E-state index contributed by atoms with van der Waals surface area (Å²) in [7, 11) is 1.52. The normalized spacial score (nSPS) is 11.3. The molecule has 0 amide bonds. The number of nitrogens with zero attached hydrogens (tertiary/aromatic N) is 1. The number of aliphatic imine (C=N–C) groups is 1. The van der Waals surface area contributed by atoms with Crippen LogP contribution >= 0.6 is 15.9 Å². The van der Waals surface area contributed by atoms with Crippen LogP contribution in [-0.2, 0) is 0 Å². The zero-order valence-corrected chi connectivity index (χ0v) is 9.96. The lowest BCUT2D eigenvalue weighted by molar-refractivity contribution is 0.0679. The number of hydrogen-bond acceptors (Lipinski definition) is 3. The molecule has 0 fully saturated rings. The molecule has 2 N–H and O–H groups in total. The summed E-state index contributed by atoms with van der Waals surface area (Å²) in [4.78, 5) is 14.9. The van der Waals surface area contributed by atoms with E-state index >= 15 is 0 Å². The topological polar surface area (TPSA) is 55.5 Å². The molecule has 0 aliphatic carbocycles. The van der Waals surface area contributed by atoms with Crippen LogP contribution in [0.5, 0.6) is 0 Å². The Balaban J connectivity index is 3.34. The number of nitrogens with two attached hydrogens (primary N) is 1. The van der Waals surface area contributed by atoms with Gasteiger partial charge in [0.25, 0.3) is 0 Å². The van der Waals surface area contributed by atoms with E-state index in [4.69, 9.17) is 5.73 Å². The average molecular weight is 291 g/mol. The maximum Gasteiger partial charge on any atom is 0.300 e. The third kappa shape index (κ3) is 2.44. The number of anilines is 1. The quantitative estimate of drug-likeness (QED) is 0.528. The molecule has 0 atom stereocenters. The van der Waals surface area contributed by atoms with E-state index in [2.05, 4.69) is 20.9 Å². The fourth-order valence-corrected chi connectivity index (χ4v) is 1.65. The lowest BCUT2D eigenvalue weighted by atomic mass is 10.0. The Hall–Kier alpha value is -1.30. The summed E-state index contributed by atoms with van der Waals surface area (Å²) in [6.45, 7) is 0. The summed E-state index contributed by atoms with van der Waals surface area (Å²) in [5.41, 5.74) is 5.88. The Bertz CT molecular complexity index is 447. The summed E-state index contributed by atoms with van der Waals surface area (Å²) in [6.07, 6.45) is -1.66. The zero-order chi connectivity index (χ0) is 12.3. The highest BCUT2D eigenvalue weighted by Gasteiger charge is 2.21. The van der Waals surface area contributed by atoms with Gasteiger partial charge in [0.05, 0.1) is 5.69 Å². The number of benzene rings is 1. The Morgan fingerprint density at radius 3 is 2.69 bits per heavy atom. The van der Waals surface area contributed by atoms with Crippen LogP contribution in [0.1, 0.15) is 15.9 Å². The fraction of sp³-hybridized carbons (Fsp3) is 0.200. The van der Waals surface area contributed by atoms with Crippen molar-refractivity contribution in [2.24, 2.45) is 4.99 Å². The van der Waals surface area contributed by atoms with Gasteiger partial charge in [0.15, 0.2) is 0 Å². The first-order chi connectivity index (χ1) is 7.49. The van der Waals surface area contributed by atoms with E-state index in [1.807, 2.05) is 0 Å². The number of Topliss-reactive ketones (excluding diaryl/α,β-unsaturated/α-hetero) is 1. The number of nitrogen functional groups attached to an aromatic ring is 1. The predicted octanol–water partition coefficient (Wildman–Crippen LogP) is 2.53. The maximum absolute atomic E-state index is 12.3. The van der Waals surface area contributed by atoms with Crippen molar-refractivity contribution in [3.63, 3.8) is 0 Å². The lowest BCUT2D eigenvalue weighted by Gasteiger charge is -2.08. The molecular weight excluding hydrogens is 282 g/mol. The smallest absolute Gasteiger partial charge is 0.300 e. The summed E-state index contributed by atoms with van der Waals surface area (Å²) in [5.74, 6) is -1.28. The van der Waals surface area contributed by atoms with Crippen LogP contribution in [-0.4, -0.2) is 25.5 Å². The van der Waals surface area contributed by atoms with E-state index in [1.54, 1.807) is 0 Å². The molecule has 0 unspecified atom stereocenters. The van der Waals surface area contributed by atoms with Gasteiger partial charge in [-0.05, 0) is 12.1 Å². The van der Waals surface area contributed by atoms with Gasteiger partial charge in [0.2, 0.25) is 5.78 Å². The van der Waals surface area contributed by atoms with Crippen LogP contribution in [0.2, 0.25) is 0 Å². The zero-order valence-electron chi connectivity index (χ0n) is 8.38. The van der Waals surface area contributed by atoms with Crippen molar-refractivity contribution < 1.29 is 13.6 Å². The van der Waals surface area contributed by atoms with Gasteiger partial charge >= 0.3 is 6.43 Å². The van der Waals surface area contributed by atoms with Gasteiger partial charge in [-0.3, -0.25) is 9.79 Å². The third-order valence-corrected chi connectivity index (χ3v) is 2.65. The van der Waals surface area contributed by atoms with Crippen molar-refractivity contribution in [3.8, 4) is 0 Å². The average Bonchev–Trinajstić information content (AvgIpc) is 2.23. The fourth-order valence-electron chi connectivity index (χ4n) is 1.20. The molecule has 0 radical (unpaired) electrons. The van der Waals surface area contributed by atoms with Crippen LogP contribution < -0.4 is 5.73 Å². The van der Waals surface area contributed by atoms with E-state index in [1.165, 1.54) is 25.4 Å². The highest BCUT2D eigenvalue weighted by Crippen LogP contribution is 2.26. The summed E-state index contributed by atoms with van der Waals surface area (Å²) >= 11 is 3.20. The number of halogens is 3. The van der Waals surface area contributed by atoms with Crippen molar-refractivity contribution in [3.05, 3.63) is 27.7 Å². The van der Waals surface area contributed by atoms with Gasteiger partial charge in [-0.2, -0.15) is 0 Å². The molecule has 1 rings (SSSR count). The minimum Gasteiger partial charge on any atom is -0.398 e. The van der Waals surface area contributed by atoms with Gasteiger partial charge < -0.3 is 5.73 Å². The molecule has 86 valence electrons. The second-order valence-electron chi connectivity index (χ2n) is 2.97. The number of hydrogen-bond donors (Lipinski definition) is 1. The maximum atomic E-state index is 12.3. The molecule has 0 aromatic heterocycles. The predicted molar refractivity (Wildman–Crippen MR) is 62.4 cm³/mol. The first-order valence-electron chi connectivity index (χ1n) is 4.31. The molecule has 6 heteroatoms. The number of ketones is 1. The molecule has 1 aromatic carbocycles. The summed E-state index contributed by atoms with van der Waals surface area (Å²) in [5, 5.41) is 0. The molecule has 0 aliphatic heterocycles. The molecular formula is C10H9BrF2N2O. The van der Waals surface area contributed by atoms with Crippen LogP contribution in [0.15, 0.2) is 21.6 Å². The Morgan fingerprint density at radius 1 is 1.56 bits per heavy atom. The molecule has 0 saturated carbocycles. The number of rotatable bonds is 3. The SMILES string of the molecule is CN=Cc1c(Br)ccc(C(=O)C(F)F)c1N. The van der Waals surface area contributed by atoms with Crippen LogP contribution in [0, 0.1) is 0 Å². The van der Waals surface area contributed by atoms with Gasteiger partial charge in [0.1, 0.15) is 0 Å². The van der Waals surface area contributed by atoms with Crippen molar-refractivity contribution >= 4 is 33.6 Å².